The second-order valence-corrected chi connectivity index (χ2v) is 1.53. The number of aromatic amines is 1. The SMILES string of the molecule is O=C/C=C/c1cn[nH]c1. The number of hydrogen-bond donors (Lipinski definition) is 1. The molecule has 0 unspecified atom stereocenters. The van der Waals surface area contributed by atoms with Crippen LogP contribution in [0.2, 0.25) is 0 Å². The fraction of sp³-hybridized carbons (Fsp3) is 0. The van der Waals surface area contributed by atoms with E-state index in [0.29, 0.717) is 0 Å². The lowest BCUT2D eigenvalue weighted by Crippen LogP contribution is -1.61. The molecular weight excluding hydrogens is 116 g/mol. The Bertz CT molecular complexity index is 201. The van der Waals surface area contributed by atoms with Crippen LogP contribution < -0.4 is 0 Å². The maximum atomic E-state index is 9.78. The molecule has 0 atom stereocenters. The van der Waals surface area contributed by atoms with E-state index in [1.54, 1.807) is 18.5 Å². The number of nitrogens with one attached hydrogen (secondary N) is 1. The minimum absolute atomic E-state index is 0.729. The van der Waals surface area contributed by atoms with E-state index in [-0.39, 0.29) is 0 Å². The van der Waals surface area contributed by atoms with E-state index in [1.165, 1.54) is 6.08 Å². The minimum Gasteiger partial charge on any atom is -0.299 e. The van der Waals surface area contributed by atoms with Gasteiger partial charge < -0.3 is 0 Å². The molecule has 46 valence electrons. The fourth-order valence-corrected chi connectivity index (χ4v) is 0.502. The Balaban J connectivity index is 2.67. The van der Waals surface area contributed by atoms with Gasteiger partial charge in [0, 0.05) is 11.8 Å². The normalized spacial score (nSPS) is 10.2. The fourth-order valence-electron chi connectivity index (χ4n) is 0.502. The van der Waals surface area contributed by atoms with E-state index in [4.69, 9.17) is 0 Å². The van der Waals surface area contributed by atoms with Gasteiger partial charge in [-0.2, -0.15) is 5.10 Å². The first-order chi connectivity index (χ1) is 4.43. The zero-order valence-electron chi connectivity index (χ0n) is 4.74. The average molecular weight is 122 g/mol. The van der Waals surface area contributed by atoms with Crippen molar-refractivity contribution in [2.75, 3.05) is 0 Å². The molecule has 0 bridgehead atoms. The van der Waals surface area contributed by atoms with Gasteiger partial charge in [0.15, 0.2) is 0 Å². The van der Waals surface area contributed by atoms with E-state index in [9.17, 15) is 4.79 Å². The van der Waals surface area contributed by atoms with Gasteiger partial charge in [0.05, 0.1) is 6.20 Å². The summed E-state index contributed by atoms with van der Waals surface area (Å²) in [5, 5.41) is 6.30. The van der Waals surface area contributed by atoms with E-state index in [2.05, 4.69) is 10.2 Å². The lowest BCUT2D eigenvalue weighted by atomic mass is 10.3. The highest BCUT2D eigenvalue weighted by Crippen LogP contribution is 1.94. The van der Waals surface area contributed by atoms with Gasteiger partial charge >= 0.3 is 0 Å². The third-order valence-electron chi connectivity index (χ3n) is 0.887. The van der Waals surface area contributed by atoms with Crippen LogP contribution >= 0.6 is 0 Å². The molecule has 0 saturated carbocycles. The summed E-state index contributed by atoms with van der Waals surface area (Å²) in [5.74, 6) is 0. The van der Waals surface area contributed by atoms with Crippen molar-refractivity contribution in [1.82, 2.24) is 10.2 Å². The highest BCUT2D eigenvalue weighted by Gasteiger charge is 1.81. The summed E-state index contributed by atoms with van der Waals surface area (Å²) in [5.41, 5.74) is 0.905. The first-order valence-corrected chi connectivity index (χ1v) is 2.54. The van der Waals surface area contributed by atoms with Crippen molar-refractivity contribution in [3.63, 3.8) is 0 Å². The highest BCUT2D eigenvalue weighted by molar-refractivity contribution is 5.73. The monoisotopic (exact) mass is 122 g/mol. The lowest BCUT2D eigenvalue weighted by Gasteiger charge is -1.72. The molecule has 3 nitrogen and oxygen atoms in total. The summed E-state index contributed by atoms with van der Waals surface area (Å²) >= 11 is 0. The van der Waals surface area contributed by atoms with Crippen LogP contribution in [0.4, 0.5) is 0 Å². The number of rotatable bonds is 2. The van der Waals surface area contributed by atoms with Crippen LogP contribution in [0.3, 0.4) is 0 Å². The molecule has 0 radical (unpaired) electrons. The van der Waals surface area contributed by atoms with Gasteiger partial charge in [-0.05, 0) is 12.2 Å². The Morgan fingerprint density at radius 1 is 1.67 bits per heavy atom. The van der Waals surface area contributed by atoms with Crippen LogP contribution in [0.15, 0.2) is 18.5 Å². The summed E-state index contributed by atoms with van der Waals surface area (Å²) in [4.78, 5) is 9.78. The molecule has 0 saturated heterocycles. The van der Waals surface area contributed by atoms with Gasteiger partial charge in [0.1, 0.15) is 6.29 Å². The van der Waals surface area contributed by atoms with Crippen LogP contribution in [-0.4, -0.2) is 16.5 Å². The number of allylic oxidation sites excluding steroid dienone is 1. The van der Waals surface area contributed by atoms with Crippen molar-refractivity contribution in [2.45, 2.75) is 0 Å². The molecule has 0 aliphatic heterocycles. The van der Waals surface area contributed by atoms with Gasteiger partial charge in [-0.15, -0.1) is 0 Å². The van der Waals surface area contributed by atoms with E-state index in [0.717, 1.165) is 11.8 Å². The molecule has 1 aromatic heterocycles. The van der Waals surface area contributed by atoms with E-state index >= 15 is 0 Å². The van der Waals surface area contributed by atoms with Crippen molar-refractivity contribution in [2.24, 2.45) is 0 Å². The molecule has 9 heavy (non-hydrogen) atoms. The van der Waals surface area contributed by atoms with Gasteiger partial charge in [-0.3, -0.25) is 9.89 Å². The van der Waals surface area contributed by atoms with Crippen molar-refractivity contribution < 1.29 is 4.79 Å². The summed E-state index contributed by atoms with van der Waals surface area (Å²) in [7, 11) is 0. The third kappa shape index (κ3) is 1.53. The predicted molar refractivity (Wildman–Crippen MR) is 33.7 cm³/mol. The molecule has 0 spiro atoms. The standard InChI is InChI=1S/C6H6N2O/c9-3-1-2-6-4-7-8-5-6/h1-5H,(H,7,8)/b2-1+. The van der Waals surface area contributed by atoms with Gasteiger partial charge in [0.25, 0.3) is 0 Å². The molecule has 0 aliphatic rings. The highest BCUT2D eigenvalue weighted by atomic mass is 16.1. The number of aromatic nitrogens is 2. The summed E-state index contributed by atoms with van der Waals surface area (Å²) in [6.45, 7) is 0. The minimum atomic E-state index is 0.729. The largest absolute Gasteiger partial charge is 0.299 e. The number of hydrogen-bond acceptors (Lipinski definition) is 2. The van der Waals surface area contributed by atoms with Crippen LogP contribution in [0.5, 0.6) is 0 Å². The predicted octanol–water partition coefficient (Wildman–Crippen LogP) is 0.622. The van der Waals surface area contributed by atoms with E-state index in [1.807, 2.05) is 0 Å². The summed E-state index contributed by atoms with van der Waals surface area (Å²) < 4.78 is 0. The lowest BCUT2D eigenvalue weighted by molar-refractivity contribution is -0.104. The van der Waals surface area contributed by atoms with Gasteiger partial charge in [0.2, 0.25) is 0 Å². The Labute approximate surface area is 52.4 Å². The molecular formula is C6H6N2O. The van der Waals surface area contributed by atoms with Crippen molar-refractivity contribution in [3.05, 3.63) is 24.0 Å². The first-order valence-electron chi connectivity index (χ1n) is 2.54. The zero-order chi connectivity index (χ0) is 6.53. The van der Waals surface area contributed by atoms with Crippen LogP contribution in [0.25, 0.3) is 6.08 Å². The number of aldehydes is 1. The molecule has 1 aromatic rings. The molecule has 1 rings (SSSR count). The molecule has 1 heterocycles. The summed E-state index contributed by atoms with van der Waals surface area (Å²) in [6.07, 6.45) is 7.17. The Kier molecular flexibility index (Phi) is 1.80. The number of carbonyl (C=O) groups is 1. The van der Waals surface area contributed by atoms with Gasteiger partial charge in [-0.25, -0.2) is 0 Å². The Hall–Kier alpha value is -1.38. The molecule has 3 heteroatoms. The maximum Gasteiger partial charge on any atom is 0.142 e. The van der Waals surface area contributed by atoms with Crippen molar-refractivity contribution in [1.29, 1.82) is 0 Å². The molecule has 1 N–H and O–H groups in total. The van der Waals surface area contributed by atoms with E-state index < -0.39 is 0 Å². The number of nitrogens with zero attached hydrogens (tertiary/aromatic N) is 1. The zero-order valence-corrected chi connectivity index (χ0v) is 4.74. The quantitative estimate of drug-likeness (QED) is 0.461. The summed E-state index contributed by atoms with van der Waals surface area (Å²) in [6, 6.07) is 0. The molecule has 0 aromatic carbocycles. The maximum absolute atomic E-state index is 9.78. The third-order valence-corrected chi connectivity index (χ3v) is 0.887. The van der Waals surface area contributed by atoms with Crippen LogP contribution in [-0.2, 0) is 4.79 Å². The Morgan fingerprint density at radius 2 is 2.56 bits per heavy atom. The van der Waals surface area contributed by atoms with Crippen LogP contribution in [0.1, 0.15) is 5.56 Å². The number of H-pyrrole nitrogens is 1. The molecule has 0 aliphatic carbocycles. The molecule has 0 amide bonds. The van der Waals surface area contributed by atoms with Crippen molar-refractivity contribution >= 4 is 12.4 Å². The average Bonchev–Trinajstić information content (AvgIpc) is 2.34. The second-order valence-electron chi connectivity index (χ2n) is 1.53. The van der Waals surface area contributed by atoms with Crippen molar-refractivity contribution in [3.8, 4) is 0 Å². The second kappa shape index (κ2) is 2.81. The van der Waals surface area contributed by atoms with Crippen LogP contribution in [0, 0.1) is 0 Å². The smallest absolute Gasteiger partial charge is 0.142 e. The molecule has 0 fully saturated rings. The Morgan fingerprint density at radius 3 is 3.11 bits per heavy atom. The number of carbonyl (C=O) groups excluding carboxylic acids is 1. The topological polar surface area (TPSA) is 45.8 Å². The van der Waals surface area contributed by atoms with Gasteiger partial charge in [-0.1, -0.05) is 0 Å². The first kappa shape index (κ1) is 5.75.